The maximum absolute atomic E-state index is 8.71. The Morgan fingerprint density at radius 2 is 1.95 bits per heavy atom. The van der Waals surface area contributed by atoms with Gasteiger partial charge in [0.1, 0.15) is 5.75 Å². The molecule has 1 N–H and O–H groups in total. The van der Waals surface area contributed by atoms with Gasteiger partial charge in [-0.3, -0.25) is 0 Å². The maximum atomic E-state index is 8.71. The molecule has 0 unspecified atom stereocenters. The maximum Gasteiger partial charge on any atom is 0.119 e. The van der Waals surface area contributed by atoms with E-state index in [-0.39, 0.29) is 0 Å². The minimum absolute atomic E-state index is 0.680. The lowest BCUT2D eigenvalue weighted by atomic mass is 9.99. The number of rotatable bonds is 5. The summed E-state index contributed by atoms with van der Waals surface area (Å²) in [6.07, 6.45) is 3.83. The molecule has 1 fully saturated rings. The Kier molecular flexibility index (Phi) is 5.23. The van der Waals surface area contributed by atoms with Crippen molar-refractivity contribution < 1.29 is 9.64 Å². The molecule has 0 spiro atoms. The van der Waals surface area contributed by atoms with E-state index in [1.165, 1.54) is 32.5 Å². The average Bonchev–Trinajstić information content (AvgIpc) is 2.46. The van der Waals surface area contributed by atoms with E-state index in [9.17, 15) is 0 Å². The first-order valence-corrected chi connectivity index (χ1v) is 7.24. The van der Waals surface area contributed by atoms with E-state index in [0.717, 1.165) is 24.7 Å². The summed E-state index contributed by atoms with van der Waals surface area (Å²) in [4.78, 5) is 1.72. The van der Waals surface area contributed by atoms with Gasteiger partial charge in [0.25, 0.3) is 0 Å². The van der Waals surface area contributed by atoms with E-state index < -0.39 is 0 Å². The van der Waals surface area contributed by atoms with Gasteiger partial charge in [0.05, 0.1) is 37.9 Å². The van der Waals surface area contributed by atoms with E-state index in [1.54, 1.807) is 17.0 Å². The van der Waals surface area contributed by atoms with Crippen molar-refractivity contribution in [1.82, 2.24) is 0 Å². The fourth-order valence-electron chi connectivity index (χ4n) is 2.56. The Bertz CT molecular complexity index is 413. The van der Waals surface area contributed by atoms with Crippen LogP contribution in [0.2, 0.25) is 0 Å². The van der Waals surface area contributed by atoms with Gasteiger partial charge in [0, 0.05) is 6.42 Å². The molecule has 0 aliphatic carbocycles. The highest BCUT2D eigenvalue weighted by Crippen LogP contribution is 2.11. The van der Waals surface area contributed by atoms with Gasteiger partial charge in [-0.05, 0) is 43.0 Å². The van der Waals surface area contributed by atoms with Crippen LogP contribution in [0.1, 0.15) is 31.7 Å². The number of nitrogens with one attached hydrogen (secondary N) is 1. The van der Waals surface area contributed by atoms with E-state index >= 15 is 0 Å². The number of ether oxygens (including phenoxy) is 1. The van der Waals surface area contributed by atoms with Crippen LogP contribution in [0, 0.1) is 17.2 Å². The van der Waals surface area contributed by atoms with Gasteiger partial charge in [0.2, 0.25) is 0 Å². The van der Waals surface area contributed by atoms with Crippen molar-refractivity contribution in [3.05, 3.63) is 29.8 Å². The van der Waals surface area contributed by atoms with E-state index in [4.69, 9.17) is 10.00 Å². The van der Waals surface area contributed by atoms with Crippen molar-refractivity contribution in [1.29, 1.82) is 5.26 Å². The summed E-state index contributed by atoms with van der Waals surface area (Å²) < 4.78 is 5.69. The Morgan fingerprint density at radius 1 is 1.26 bits per heavy atom. The number of hydrogen-bond acceptors (Lipinski definition) is 2. The number of nitriles is 1. The molecule has 1 saturated heterocycles. The monoisotopic (exact) mass is 259 g/mol. The highest BCUT2D eigenvalue weighted by Gasteiger charge is 2.17. The summed E-state index contributed by atoms with van der Waals surface area (Å²) in [5, 5.41) is 8.71. The third-order valence-corrected chi connectivity index (χ3v) is 3.91. The molecule has 0 saturated carbocycles. The number of piperidine rings is 1. The number of hydrogen-bond donors (Lipinski definition) is 1. The Hall–Kier alpha value is -1.53. The summed E-state index contributed by atoms with van der Waals surface area (Å²) >= 11 is 0. The highest BCUT2D eigenvalue weighted by atomic mass is 16.5. The minimum atomic E-state index is 0.680. The Morgan fingerprint density at radius 3 is 2.58 bits per heavy atom. The van der Waals surface area contributed by atoms with Gasteiger partial charge in [-0.2, -0.15) is 5.26 Å². The van der Waals surface area contributed by atoms with Crippen molar-refractivity contribution in [2.24, 2.45) is 5.92 Å². The molecule has 102 valence electrons. The number of quaternary nitrogens is 1. The first kappa shape index (κ1) is 13.9. The molecule has 3 nitrogen and oxygen atoms in total. The zero-order valence-corrected chi connectivity index (χ0v) is 11.7. The molecule has 1 aromatic carbocycles. The Balaban J connectivity index is 1.62. The fourth-order valence-corrected chi connectivity index (χ4v) is 2.56. The molecule has 1 heterocycles. The lowest BCUT2D eigenvalue weighted by molar-refractivity contribution is -0.906. The van der Waals surface area contributed by atoms with Crippen molar-refractivity contribution >= 4 is 0 Å². The van der Waals surface area contributed by atoms with Crippen LogP contribution in [-0.4, -0.2) is 26.2 Å². The van der Waals surface area contributed by atoms with Gasteiger partial charge in [-0.1, -0.05) is 6.92 Å². The van der Waals surface area contributed by atoms with Crippen LogP contribution in [0.5, 0.6) is 5.75 Å². The number of benzene rings is 1. The third kappa shape index (κ3) is 4.57. The predicted octanol–water partition coefficient (Wildman–Crippen LogP) is 1.64. The van der Waals surface area contributed by atoms with Crippen LogP contribution in [0.3, 0.4) is 0 Å². The van der Waals surface area contributed by atoms with E-state index in [0.29, 0.717) is 5.56 Å². The minimum Gasteiger partial charge on any atom is -0.493 e. The largest absolute Gasteiger partial charge is 0.493 e. The fraction of sp³-hybridized carbons (Fsp3) is 0.562. The lowest BCUT2D eigenvalue weighted by Crippen LogP contribution is -3.13. The van der Waals surface area contributed by atoms with Gasteiger partial charge in [-0.25, -0.2) is 0 Å². The molecular weight excluding hydrogens is 236 g/mol. The van der Waals surface area contributed by atoms with Crippen LogP contribution >= 0.6 is 0 Å². The van der Waals surface area contributed by atoms with Gasteiger partial charge >= 0.3 is 0 Å². The van der Waals surface area contributed by atoms with Crippen molar-refractivity contribution in [2.45, 2.75) is 26.2 Å². The van der Waals surface area contributed by atoms with Crippen LogP contribution in [-0.2, 0) is 0 Å². The second-order valence-electron chi connectivity index (χ2n) is 5.52. The SMILES string of the molecule is CC1CC[NH+](CCCOc2ccc(C#N)cc2)CC1. The summed E-state index contributed by atoms with van der Waals surface area (Å²) in [5.74, 6) is 1.78. The molecule has 3 heteroatoms. The smallest absolute Gasteiger partial charge is 0.119 e. The van der Waals surface area contributed by atoms with Gasteiger partial charge < -0.3 is 9.64 Å². The van der Waals surface area contributed by atoms with Gasteiger partial charge in [-0.15, -0.1) is 0 Å². The second-order valence-corrected chi connectivity index (χ2v) is 5.52. The summed E-state index contributed by atoms with van der Waals surface area (Å²) in [7, 11) is 0. The molecule has 2 rings (SSSR count). The molecule has 0 radical (unpaired) electrons. The molecular formula is C16H23N2O+. The zero-order chi connectivity index (χ0) is 13.5. The third-order valence-electron chi connectivity index (χ3n) is 3.91. The molecule has 0 aromatic heterocycles. The summed E-state index contributed by atoms with van der Waals surface area (Å²) in [5.41, 5.74) is 0.680. The van der Waals surface area contributed by atoms with Crippen LogP contribution < -0.4 is 9.64 Å². The topological polar surface area (TPSA) is 37.5 Å². The normalized spacial score (nSPS) is 22.7. The Labute approximate surface area is 115 Å². The standard InChI is InChI=1S/C16H22N2O/c1-14-7-10-18(11-8-14)9-2-12-19-16-5-3-15(13-17)4-6-16/h3-6,14H,2,7-12H2,1H3/p+1. The quantitative estimate of drug-likeness (QED) is 0.816. The van der Waals surface area contributed by atoms with Crippen molar-refractivity contribution in [3.63, 3.8) is 0 Å². The average molecular weight is 259 g/mol. The predicted molar refractivity (Wildman–Crippen MR) is 75.2 cm³/mol. The number of nitrogens with zero attached hydrogens (tertiary/aromatic N) is 1. The highest BCUT2D eigenvalue weighted by molar-refractivity contribution is 5.34. The second kappa shape index (κ2) is 7.16. The van der Waals surface area contributed by atoms with Crippen LogP contribution in [0.4, 0.5) is 0 Å². The molecule has 0 bridgehead atoms. The van der Waals surface area contributed by atoms with Crippen LogP contribution in [0.25, 0.3) is 0 Å². The van der Waals surface area contributed by atoms with Gasteiger partial charge in [0.15, 0.2) is 0 Å². The molecule has 1 aliphatic rings. The molecule has 0 atom stereocenters. The first-order valence-electron chi connectivity index (χ1n) is 7.24. The lowest BCUT2D eigenvalue weighted by Gasteiger charge is -2.27. The number of likely N-dealkylation sites (tertiary alicyclic amines) is 1. The van der Waals surface area contributed by atoms with Crippen molar-refractivity contribution in [2.75, 3.05) is 26.2 Å². The summed E-state index contributed by atoms with van der Waals surface area (Å²) in [6.45, 7) is 6.97. The van der Waals surface area contributed by atoms with E-state index in [1.807, 2.05) is 12.1 Å². The van der Waals surface area contributed by atoms with Crippen molar-refractivity contribution in [3.8, 4) is 11.8 Å². The summed E-state index contributed by atoms with van der Waals surface area (Å²) in [6, 6.07) is 9.44. The molecule has 0 amide bonds. The molecule has 1 aromatic rings. The zero-order valence-electron chi connectivity index (χ0n) is 11.7. The molecule has 19 heavy (non-hydrogen) atoms. The van der Waals surface area contributed by atoms with E-state index in [2.05, 4.69) is 13.0 Å². The molecule has 1 aliphatic heterocycles. The first-order chi connectivity index (χ1) is 9.28. The van der Waals surface area contributed by atoms with Crippen LogP contribution in [0.15, 0.2) is 24.3 Å².